The first-order chi connectivity index (χ1) is 9.76. The van der Waals surface area contributed by atoms with Crippen molar-refractivity contribution in [3.05, 3.63) is 35.4 Å². The molecule has 0 radical (unpaired) electrons. The van der Waals surface area contributed by atoms with Crippen LogP contribution < -0.4 is 0 Å². The number of rotatable bonds is 6. The molecule has 1 aliphatic carbocycles. The summed E-state index contributed by atoms with van der Waals surface area (Å²) in [7, 11) is 0. The van der Waals surface area contributed by atoms with Crippen LogP contribution in [0.25, 0.3) is 0 Å². The maximum atomic E-state index is 12.6. The van der Waals surface area contributed by atoms with E-state index < -0.39 is 0 Å². The molecule has 2 rings (SSSR count). The van der Waals surface area contributed by atoms with Crippen molar-refractivity contribution in [1.82, 2.24) is 0 Å². The Labute approximate surface area is 121 Å². The van der Waals surface area contributed by atoms with Gasteiger partial charge in [0.1, 0.15) is 12.1 Å². The molecule has 1 unspecified atom stereocenters. The molecule has 1 fully saturated rings. The number of carbonyl (C=O) groups is 2. The second-order valence-electron chi connectivity index (χ2n) is 5.87. The molecule has 0 aliphatic heterocycles. The lowest BCUT2D eigenvalue weighted by Gasteiger charge is -2.28. The Bertz CT molecular complexity index is 458. The quantitative estimate of drug-likeness (QED) is 0.727. The highest BCUT2D eigenvalue weighted by molar-refractivity contribution is 5.87. The highest BCUT2D eigenvalue weighted by Gasteiger charge is 2.28. The van der Waals surface area contributed by atoms with Gasteiger partial charge in [0, 0.05) is 17.9 Å². The van der Waals surface area contributed by atoms with Gasteiger partial charge in [-0.2, -0.15) is 0 Å². The van der Waals surface area contributed by atoms with Gasteiger partial charge >= 0.3 is 0 Å². The molecule has 0 spiro atoms. The summed E-state index contributed by atoms with van der Waals surface area (Å²) in [5.74, 6) is 1.05. The van der Waals surface area contributed by atoms with E-state index in [9.17, 15) is 9.59 Å². The summed E-state index contributed by atoms with van der Waals surface area (Å²) in [4.78, 5) is 23.6. The minimum atomic E-state index is 0.176. The lowest BCUT2D eigenvalue weighted by Crippen LogP contribution is -2.26. The summed E-state index contributed by atoms with van der Waals surface area (Å²) in [6.07, 6.45) is 8.41. The molecular weight excluding hydrogens is 248 g/mol. The van der Waals surface area contributed by atoms with E-state index in [1.807, 2.05) is 18.2 Å². The molecule has 1 saturated carbocycles. The van der Waals surface area contributed by atoms with Crippen molar-refractivity contribution in [2.24, 2.45) is 11.8 Å². The Hall–Kier alpha value is -1.44. The molecule has 0 bridgehead atoms. The molecule has 0 aromatic heterocycles. The summed E-state index contributed by atoms with van der Waals surface area (Å²) in [5, 5.41) is 0. The minimum absolute atomic E-state index is 0.176. The van der Waals surface area contributed by atoms with E-state index in [4.69, 9.17) is 0 Å². The number of aldehydes is 1. The van der Waals surface area contributed by atoms with Crippen LogP contribution in [0.4, 0.5) is 0 Å². The van der Waals surface area contributed by atoms with E-state index in [0.29, 0.717) is 23.7 Å². The van der Waals surface area contributed by atoms with Crippen molar-refractivity contribution in [3.63, 3.8) is 0 Å². The van der Waals surface area contributed by atoms with Crippen molar-refractivity contribution in [1.29, 1.82) is 0 Å². The SMILES string of the molecule is CCC(C(=O)Cc1ccccc1C=O)C1CCCCC1. The van der Waals surface area contributed by atoms with E-state index in [1.54, 1.807) is 6.07 Å². The number of ketones is 1. The van der Waals surface area contributed by atoms with Gasteiger partial charge in [-0.25, -0.2) is 0 Å². The van der Waals surface area contributed by atoms with Gasteiger partial charge in [0.2, 0.25) is 0 Å². The fraction of sp³-hybridized carbons (Fsp3) is 0.556. The zero-order valence-corrected chi connectivity index (χ0v) is 12.3. The van der Waals surface area contributed by atoms with Crippen LogP contribution in [0.15, 0.2) is 24.3 Å². The van der Waals surface area contributed by atoms with Gasteiger partial charge in [0.15, 0.2) is 0 Å². The Kier molecular flexibility index (Phi) is 5.51. The van der Waals surface area contributed by atoms with Crippen molar-refractivity contribution < 1.29 is 9.59 Å². The first-order valence-electron chi connectivity index (χ1n) is 7.82. The van der Waals surface area contributed by atoms with Crippen LogP contribution in [0, 0.1) is 11.8 Å². The first kappa shape index (κ1) is 15.0. The molecule has 2 nitrogen and oxygen atoms in total. The highest BCUT2D eigenvalue weighted by Crippen LogP contribution is 2.33. The molecule has 0 saturated heterocycles. The van der Waals surface area contributed by atoms with Crippen LogP contribution in [0.3, 0.4) is 0 Å². The largest absolute Gasteiger partial charge is 0.299 e. The van der Waals surface area contributed by atoms with Crippen LogP contribution >= 0.6 is 0 Å². The van der Waals surface area contributed by atoms with Crippen molar-refractivity contribution >= 4 is 12.1 Å². The average Bonchev–Trinajstić information content (AvgIpc) is 2.49. The number of hydrogen-bond donors (Lipinski definition) is 0. The van der Waals surface area contributed by atoms with E-state index in [-0.39, 0.29) is 5.92 Å². The summed E-state index contributed by atoms with van der Waals surface area (Å²) in [6.45, 7) is 2.11. The van der Waals surface area contributed by atoms with Crippen molar-refractivity contribution in [3.8, 4) is 0 Å². The first-order valence-corrected chi connectivity index (χ1v) is 7.82. The van der Waals surface area contributed by atoms with Crippen LogP contribution in [0.1, 0.15) is 61.4 Å². The third kappa shape index (κ3) is 3.56. The van der Waals surface area contributed by atoms with Gasteiger partial charge < -0.3 is 0 Å². The lowest BCUT2D eigenvalue weighted by molar-refractivity contribution is -0.124. The summed E-state index contributed by atoms with van der Waals surface area (Å²) in [5.41, 5.74) is 1.53. The van der Waals surface area contributed by atoms with E-state index in [0.717, 1.165) is 18.3 Å². The second kappa shape index (κ2) is 7.37. The highest BCUT2D eigenvalue weighted by atomic mass is 16.1. The molecule has 0 heterocycles. The van der Waals surface area contributed by atoms with Gasteiger partial charge in [0.25, 0.3) is 0 Å². The third-order valence-corrected chi connectivity index (χ3v) is 4.62. The Morgan fingerprint density at radius 1 is 1.25 bits per heavy atom. The standard InChI is InChI=1S/C18H24O2/c1-2-17(14-8-4-3-5-9-14)18(20)12-15-10-6-7-11-16(15)13-19/h6-7,10-11,13-14,17H,2-5,8-9,12H2,1H3. The number of hydrogen-bond acceptors (Lipinski definition) is 2. The molecule has 1 aromatic rings. The van der Waals surface area contributed by atoms with Crippen molar-refractivity contribution in [2.45, 2.75) is 51.9 Å². The molecule has 0 N–H and O–H groups in total. The number of Topliss-reactive ketones (excluding diaryl/α,β-unsaturated/α-hetero) is 1. The van der Waals surface area contributed by atoms with Crippen LogP contribution in [0.5, 0.6) is 0 Å². The summed E-state index contributed by atoms with van der Waals surface area (Å²) < 4.78 is 0. The van der Waals surface area contributed by atoms with Gasteiger partial charge in [-0.1, -0.05) is 50.5 Å². The lowest BCUT2D eigenvalue weighted by atomic mass is 9.75. The zero-order valence-electron chi connectivity index (χ0n) is 12.3. The van der Waals surface area contributed by atoms with E-state index in [2.05, 4.69) is 6.92 Å². The Balaban J connectivity index is 2.06. The molecule has 1 aliphatic rings. The molecule has 108 valence electrons. The topological polar surface area (TPSA) is 34.1 Å². The van der Waals surface area contributed by atoms with Crippen LogP contribution in [-0.2, 0) is 11.2 Å². The monoisotopic (exact) mass is 272 g/mol. The Morgan fingerprint density at radius 2 is 1.95 bits per heavy atom. The number of carbonyl (C=O) groups excluding carboxylic acids is 2. The van der Waals surface area contributed by atoms with Gasteiger partial charge in [-0.3, -0.25) is 9.59 Å². The minimum Gasteiger partial charge on any atom is -0.299 e. The maximum absolute atomic E-state index is 12.6. The Morgan fingerprint density at radius 3 is 2.60 bits per heavy atom. The fourth-order valence-electron chi connectivity index (χ4n) is 3.49. The van der Waals surface area contributed by atoms with E-state index in [1.165, 1.54) is 32.1 Å². The third-order valence-electron chi connectivity index (χ3n) is 4.62. The predicted octanol–water partition coefficient (Wildman–Crippen LogP) is 4.22. The van der Waals surface area contributed by atoms with Gasteiger partial charge in [-0.15, -0.1) is 0 Å². The van der Waals surface area contributed by atoms with Gasteiger partial charge in [-0.05, 0) is 30.7 Å². The van der Waals surface area contributed by atoms with E-state index >= 15 is 0 Å². The number of benzene rings is 1. The normalized spacial score (nSPS) is 17.6. The zero-order chi connectivity index (χ0) is 14.4. The summed E-state index contributed by atoms with van der Waals surface area (Å²) >= 11 is 0. The summed E-state index contributed by atoms with van der Waals surface area (Å²) in [6, 6.07) is 7.43. The maximum Gasteiger partial charge on any atom is 0.150 e. The van der Waals surface area contributed by atoms with Crippen molar-refractivity contribution in [2.75, 3.05) is 0 Å². The molecular formula is C18H24O2. The van der Waals surface area contributed by atoms with Crippen LogP contribution in [0.2, 0.25) is 0 Å². The van der Waals surface area contributed by atoms with Gasteiger partial charge in [0.05, 0.1) is 0 Å². The second-order valence-corrected chi connectivity index (χ2v) is 5.87. The fourth-order valence-corrected chi connectivity index (χ4v) is 3.49. The van der Waals surface area contributed by atoms with Crippen LogP contribution in [-0.4, -0.2) is 12.1 Å². The smallest absolute Gasteiger partial charge is 0.150 e. The molecule has 1 atom stereocenters. The molecule has 1 aromatic carbocycles. The average molecular weight is 272 g/mol. The molecule has 2 heteroatoms. The predicted molar refractivity (Wildman–Crippen MR) is 80.9 cm³/mol. The molecule has 20 heavy (non-hydrogen) atoms. The molecule has 0 amide bonds.